The zero-order valence-electron chi connectivity index (χ0n) is 83.6. The van der Waals surface area contributed by atoms with Crippen molar-refractivity contribution in [3.8, 4) is 100 Å². The first-order chi connectivity index (χ1) is 70.6. The number of hydrogen-bond donors (Lipinski definition) is 0. The molecule has 0 aromatic heterocycles. The van der Waals surface area contributed by atoms with Crippen molar-refractivity contribution in [2.45, 2.75) is 99.2 Å². The van der Waals surface area contributed by atoms with Gasteiger partial charge in [-0.25, -0.2) is 9.59 Å². The van der Waals surface area contributed by atoms with E-state index in [1.807, 2.05) is 284 Å². The Labute approximate surface area is 855 Å². The average molecular weight is 1940 g/mol. The summed E-state index contributed by atoms with van der Waals surface area (Å²) in [6, 6.07) is 75.8. The van der Waals surface area contributed by atoms with E-state index < -0.39 is 11.9 Å². The van der Waals surface area contributed by atoms with E-state index in [1.54, 1.807) is 25.1 Å². The Morgan fingerprint density at radius 3 is 1.07 bits per heavy atom. The lowest BCUT2D eigenvalue weighted by Crippen LogP contribution is -2.24. The summed E-state index contributed by atoms with van der Waals surface area (Å²) in [5.74, 6) is 1.30. The van der Waals surface area contributed by atoms with E-state index in [2.05, 4.69) is 71.7 Å². The average Bonchev–Trinajstić information content (AvgIpc) is 0.817. The molecule has 0 saturated carbocycles. The van der Waals surface area contributed by atoms with Gasteiger partial charge in [0.1, 0.15) is 156 Å². The molecule has 0 amide bonds. The number of carbonyl (C=O) groups excluding carboxylic acids is 2. The van der Waals surface area contributed by atoms with Crippen LogP contribution >= 0.6 is 0 Å². The molecule has 0 spiro atoms. The molecule has 0 fully saturated rings. The number of aryl methyl sites for hydroxylation is 1. The number of allylic oxidation sites excluding steroid dienone is 22. The van der Waals surface area contributed by atoms with E-state index in [4.69, 9.17) is 47.7 Å². The highest BCUT2D eigenvalue weighted by atomic mass is 17.2. The van der Waals surface area contributed by atoms with Crippen LogP contribution in [0.1, 0.15) is 139 Å². The van der Waals surface area contributed by atoms with Crippen molar-refractivity contribution < 1.29 is 57.3 Å². The fourth-order valence-corrected chi connectivity index (χ4v) is 17.0. The second-order valence-electron chi connectivity index (χ2n) is 37.1. The van der Waals surface area contributed by atoms with Gasteiger partial charge in [0.15, 0.2) is 5.75 Å². The topological polar surface area (TPSA) is 330 Å². The van der Waals surface area contributed by atoms with Gasteiger partial charge in [-0.05, 0) is 264 Å². The minimum absolute atomic E-state index is 0.00398. The molecule has 0 bridgehead atoms. The maximum absolute atomic E-state index is 15.0. The molecule has 1 unspecified atom stereocenters. The number of nitrogens with zero attached hydrogens (tertiary/aromatic N) is 12. The summed E-state index contributed by atoms with van der Waals surface area (Å²) in [7, 11) is 7.94. The molecule has 146 heavy (non-hydrogen) atoms. The van der Waals surface area contributed by atoms with Crippen molar-refractivity contribution in [3.63, 3.8) is 0 Å². The predicted octanol–water partition coefficient (Wildman–Crippen LogP) is 25.1. The summed E-state index contributed by atoms with van der Waals surface area (Å²) in [5, 5.41) is 76.9. The van der Waals surface area contributed by atoms with Crippen LogP contribution in [-0.2, 0) is 18.1 Å². The van der Waals surface area contributed by atoms with E-state index in [0.717, 1.165) is 108 Å². The van der Waals surface area contributed by atoms with Gasteiger partial charge in [-0.1, -0.05) is 184 Å². The summed E-state index contributed by atoms with van der Waals surface area (Å²) >= 11 is 0. The first kappa shape index (κ1) is 105. The number of hydrogen-bond acceptors (Lipinski definition) is 24. The van der Waals surface area contributed by atoms with E-state index >= 15 is 4.79 Å². The van der Waals surface area contributed by atoms with Crippen LogP contribution in [0.25, 0.3) is 24.3 Å². The van der Waals surface area contributed by atoms with Gasteiger partial charge in [0.25, 0.3) is 0 Å². The fraction of sp³-hybridized carbons (Fsp3) is 0.246. The van der Waals surface area contributed by atoms with Crippen LogP contribution in [-0.4, -0.2) is 99.3 Å². The zero-order valence-corrected chi connectivity index (χ0v) is 83.6. The van der Waals surface area contributed by atoms with E-state index in [9.17, 15) is 46.9 Å². The standard InChI is InChI=1S/C122H114N12O12/c1-12-143-146-119-66-101(120(135)144-111-39-13-83(2)14-40-111)65-118(70-119)145-121(136)100-63-116(141-81-95-59-112(137-45-41-131(8)107-31-23-87(24-32-107)15-19-91-49-84(3)52-97(55-91)103(73-123)74-124)67-113(60-95)138-46-42-132(9)108-33-25-88(26-34-108)16-20-92-50-85(4)53-98(56-92)104(75-125)76-126)69-117(64-100)142-82-96-61-114(139-47-43-133(10)109-35-27-89(28-36-109)17-21-93-51-86(5)54-99(57-93)105(77-127)78-128)68-115(62-96)140-48-44-134(11)110-37-29-90(30-38-110)18-22-94-58-102(106(79-129)80-130)72-122(6,7)71-94/h13-40,55-70,86H,3-4,12,41-54,71-72,81-82H2,1-2,5-11H3/b19-15+,20-16+,21-17+,22-18+. The first-order valence-corrected chi connectivity index (χ1v) is 48.0. The molecule has 1 atom stereocenters. The van der Waals surface area contributed by atoms with Crippen molar-refractivity contribution in [2.24, 2.45) is 11.3 Å². The third-order valence-electron chi connectivity index (χ3n) is 24.6. The molecule has 13 rings (SSSR count). The van der Waals surface area contributed by atoms with E-state index in [1.165, 1.54) is 30.3 Å². The normalized spacial score (nSPS) is 14.2. The number of nitriles is 8. The number of ether oxygens (including phenoxy) is 8. The van der Waals surface area contributed by atoms with Crippen LogP contribution in [0, 0.1) is 109 Å². The zero-order chi connectivity index (χ0) is 104. The van der Waals surface area contributed by atoms with Gasteiger partial charge >= 0.3 is 11.9 Å². The molecule has 734 valence electrons. The minimum atomic E-state index is -0.862. The van der Waals surface area contributed by atoms with Crippen molar-refractivity contribution in [2.75, 3.05) is 107 Å². The third-order valence-corrected chi connectivity index (χ3v) is 24.6. The Balaban J connectivity index is 0.771. The number of likely N-dealkylation sites (N-methyl/N-ethyl adjacent to an activating group) is 4. The number of carbonyl (C=O) groups is 2. The Hall–Kier alpha value is -18.0. The van der Waals surface area contributed by atoms with Gasteiger partial charge in [-0.2, -0.15) is 47.0 Å². The Kier molecular flexibility index (Phi) is 37.1. The second-order valence-corrected chi connectivity index (χ2v) is 37.1. The molecule has 24 heteroatoms. The SMILES string of the molecule is C=C1CC(/C=C/c2ccc(N(C)CCOc3cc(COc4cc(OCc5cc(OCCN(C)c6ccc(/C=C/C7=CC(=C(C#N)C#N)CC(C)C7)cc6)cc(OCCN(C)c6ccc(/C=C/C7=CC(=C(C#N)C#N)CC(C)(C)C7)cc6)c5)cc(C(=O)Oc5cc(OOCC)cc(C(=O)Oc6ccc(C)cc6)c5)c4)cc(OCCN(C)c4ccc(/C=C/C5=CC(=C(C#N)C#N)CC(=C)C5)cc4)c3)cc2)=CC(=C(C#N)C#N)C1. The Morgan fingerprint density at radius 1 is 0.363 bits per heavy atom. The van der Waals surface area contributed by atoms with Crippen LogP contribution in [0.3, 0.4) is 0 Å². The molecular weight excluding hydrogens is 1830 g/mol. The van der Waals surface area contributed by atoms with Crippen LogP contribution < -0.4 is 62.4 Å². The first-order valence-electron chi connectivity index (χ1n) is 48.0. The lowest BCUT2D eigenvalue weighted by molar-refractivity contribution is -0.202. The molecule has 9 aromatic rings. The summed E-state index contributed by atoms with van der Waals surface area (Å²) in [6.45, 7) is 21.3. The van der Waals surface area contributed by atoms with Gasteiger partial charge in [-0.15, -0.1) is 0 Å². The highest BCUT2D eigenvalue weighted by Gasteiger charge is 2.28. The highest BCUT2D eigenvalue weighted by Crippen LogP contribution is 2.42. The van der Waals surface area contributed by atoms with Crippen LogP contribution in [0.15, 0.2) is 334 Å². The molecule has 0 saturated heterocycles. The molecule has 9 aromatic carbocycles. The summed E-state index contributed by atoms with van der Waals surface area (Å²) in [6.07, 6.45) is 29.1. The predicted molar refractivity (Wildman–Crippen MR) is 568 cm³/mol. The molecule has 24 nitrogen and oxygen atoms in total. The third kappa shape index (κ3) is 31.0. The second kappa shape index (κ2) is 51.4. The monoisotopic (exact) mass is 1940 g/mol. The van der Waals surface area contributed by atoms with Crippen LogP contribution in [0.2, 0.25) is 0 Å². The fourth-order valence-electron chi connectivity index (χ4n) is 17.0. The lowest BCUT2D eigenvalue weighted by atomic mass is 9.74. The maximum atomic E-state index is 15.0. The van der Waals surface area contributed by atoms with Crippen molar-refractivity contribution >= 4 is 59.0 Å². The van der Waals surface area contributed by atoms with Gasteiger partial charge in [0.2, 0.25) is 0 Å². The smallest absolute Gasteiger partial charge is 0.343 e. The molecule has 0 N–H and O–H groups in total. The molecule has 4 aliphatic rings. The number of rotatable bonds is 41. The Morgan fingerprint density at radius 2 is 0.685 bits per heavy atom. The highest BCUT2D eigenvalue weighted by molar-refractivity contribution is 5.94. The largest absolute Gasteiger partial charge is 0.492 e. The van der Waals surface area contributed by atoms with Crippen molar-refractivity contribution in [3.05, 3.63) is 384 Å². The van der Waals surface area contributed by atoms with Gasteiger partial charge in [0, 0.05) is 75.2 Å². The minimum Gasteiger partial charge on any atom is -0.492 e. The van der Waals surface area contributed by atoms with Crippen LogP contribution in [0.4, 0.5) is 22.7 Å². The number of esters is 2. The van der Waals surface area contributed by atoms with Gasteiger partial charge < -0.3 is 62.4 Å². The summed E-state index contributed by atoms with van der Waals surface area (Å²) < 4.78 is 51.9. The van der Waals surface area contributed by atoms with Crippen molar-refractivity contribution in [1.29, 1.82) is 42.1 Å². The summed E-state index contributed by atoms with van der Waals surface area (Å²) in [4.78, 5) is 48.2. The van der Waals surface area contributed by atoms with Gasteiger partial charge in [-0.3, -0.25) is 0 Å². The van der Waals surface area contributed by atoms with Crippen molar-refractivity contribution in [1.82, 2.24) is 0 Å². The quantitative estimate of drug-likeness (QED) is 0.00858. The molecule has 0 radical (unpaired) electrons. The molecule has 0 aliphatic heterocycles. The van der Waals surface area contributed by atoms with E-state index in [-0.39, 0.29) is 120 Å². The molecule has 4 aliphatic carbocycles. The van der Waals surface area contributed by atoms with Crippen LogP contribution in [0.5, 0.6) is 51.7 Å². The molecular formula is C122H114N12O12. The number of benzene rings is 9. The Bertz CT molecular complexity index is 6900. The molecule has 0 heterocycles. The number of anilines is 4. The van der Waals surface area contributed by atoms with E-state index in [0.29, 0.717) is 110 Å². The summed E-state index contributed by atoms with van der Waals surface area (Å²) in [5.41, 5.74) is 18.9. The maximum Gasteiger partial charge on any atom is 0.343 e. The van der Waals surface area contributed by atoms with Gasteiger partial charge in [0.05, 0.1) is 43.9 Å². The lowest BCUT2D eigenvalue weighted by Gasteiger charge is -2.30.